The van der Waals surface area contributed by atoms with Gasteiger partial charge in [-0.2, -0.15) is 0 Å². The molecule has 1 aromatic heterocycles. The number of anilines is 1. The van der Waals surface area contributed by atoms with E-state index in [1.165, 1.54) is 17.8 Å². The van der Waals surface area contributed by atoms with E-state index in [1.807, 2.05) is 60.0 Å². The quantitative estimate of drug-likeness (QED) is 0.308. The third-order valence-electron chi connectivity index (χ3n) is 5.59. The molecular formula is C28H21FN2O2S2. The summed E-state index contributed by atoms with van der Waals surface area (Å²) in [6, 6.07) is 25.2. The van der Waals surface area contributed by atoms with Crippen molar-refractivity contribution in [2.45, 2.75) is 18.0 Å². The third kappa shape index (κ3) is 5.21. The van der Waals surface area contributed by atoms with Crippen LogP contribution in [0, 0.1) is 5.82 Å². The van der Waals surface area contributed by atoms with Gasteiger partial charge < -0.3 is 10.2 Å². The molecule has 0 saturated carbocycles. The number of hydrogen-bond donors (Lipinski definition) is 1. The summed E-state index contributed by atoms with van der Waals surface area (Å²) in [5.41, 5.74) is 2.58. The standard InChI is InChI=1S/C28H21FN2O2S2/c29-23-8-2-1-6-21(23)18-31-24-9-3-4-10-25(24)35-26(28(31)33)16-19-11-13-20(14-12-19)27(32)30-17-22-7-5-15-34-22/h1-16H,17-18H2,(H,30,32)/b26-16-. The summed E-state index contributed by atoms with van der Waals surface area (Å²) in [4.78, 5) is 30.1. The molecule has 174 valence electrons. The zero-order valence-electron chi connectivity index (χ0n) is 18.6. The summed E-state index contributed by atoms with van der Waals surface area (Å²) in [5, 5.41) is 4.89. The fraction of sp³-hybridized carbons (Fsp3) is 0.0714. The molecule has 0 radical (unpaired) electrons. The molecule has 0 fully saturated rings. The smallest absolute Gasteiger partial charge is 0.265 e. The van der Waals surface area contributed by atoms with Crippen LogP contribution < -0.4 is 10.2 Å². The number of hydrogen-bond acceptors (Lipinski definition) is 4. The van der Waals surface area contributed by atoms with Gasteiger partial charge in [-0.25, -0.2) is 4.39 Å². The number of nitrogens with zero attached hydrogens (tertiary/aromatic N) is 1. The van der Waals surface area contributed by atoms with Crippen LogP contribution in [-0.2, 0) is 17.9 Å². The second kappa shape index (κ2) is 10.3. The second-order valence-corrected chi connectivity index (χ2v) is 10.1. The van der Waals surface area contributed by atoms with Gasteiger partial charge in [0.15, 0.2) is 0 Å². The largest absolute Gasteiger partial charge is 0.347 e. The number of benzene rings is 3. The number of carbonyl (C=O) groups excluding carboxylic acids is 2. The molecule has 7 heteroatoms. The van der Waals surface area contributed by atoms with Crippen molar-refractivity contribution < 1.29 is 14.0 Å². The number of rotatable bonds is 6. The van der Waals surface area contributed by atoms with Crippen LogP contribution in [0.4, 0.5) is 10.1 Å². The maximum Gasteiger partial charge on any atom is 0.265 e. The molecule has 35 heavy (non-hydrogen) atoms. The Labute approximate surface area is 211 Å². The Morgan fingerprint density at radius 1 is 0.943 bits per heavy atom. The highest BCUT2D eigenvalue weighted by molar-refractivity contribution is 8.04. The highest BCUT2D eigenvalue weighted by Gasteiger charge is 2.29. The molecule has 2 heterocycles. The Bertz CT molecular complexity index is 1400. The van der Waals surface area contributed by atoms with Crippen LogP contribution in [0.3, 0.4) is 0 Å². The van der Waals surface area contributed by atoms with E-state index in [-0.39, 0.29) is 24.2 Å². The normalized spacial score (nSPS) is 14.1. The van der Waals surface area contributed by atoms with Crippen LogP contribution in [0.25, 0.3) is 6.08 Å². The van der Waals surface area contributed by atoms with Gasteiger partial charge in [-0.15, -0.1) is 11.3 Å². The Morgan fingerprint density at radius 3 is 2.49 bits per heavy atom. The molecule has 0 unspecified atom stereocenters. The van der Waals surface area contributed by atoms with E-state index in [9.17, 15) is 14.0 Å². The molecule has 1 aliphatic rings. The number of thiophene rings is 1. The zero-order chi connectivity index (χ0) is 24.2. The molecule has 3 aromatic carbocycles. The summed E-state index contributed by atoms with van der Waals surface area (Å²) in [6.45, 7) is 0.633. The minimum atomic E-state index is -0.338. The number of halogens is 1. The first kappa shape index (κ1) is 23.1. The molecule has 4 aromatic rings. The topological polar surface area (TPSA) is 49.4 Å². The monoisotopic (exact) mass is 500 g/mol. The summed E-state index contributed by atoms with van der Waals surface area (Å²) in [5.74, 6) is -0.671. The predicted octanol–water partition coefficient (Wildman–Crippen LogP) is 6.50. The Balaban J connectivity index is 1.36. The number of nitrogens with one attached hydrogen (secondary N) is 1. The summed E-state index contributed by atoms with van der Waals surface area (Å²) in [7, 11) is 0. The summed E-state index contributed by atoms with van der Waals surface area (Å²) < 4.78 is 14.3. The average molecular weight is 501 g/mol. The Hall–Kier alpha value is -3.68. The van der Waals surface area contributed by atoms with Crippen molar-refractivity contribution in [3.8, 4) is 0 Å². The van der Waals surface area contributed by atoms with Gasteiger partial charge in [0.1, 0.15) is 5.82 Å². The Kier molecular flexibility index (Phi) is 6.79. The lowest BCUT2D eigenvalue weighted by Gasteiger charge is -2.30. The molecule has 2 amide bonds. The van der Waals surface area contributed by atoms with Gasteiger partial charge >= 0.3 is 0 Å². The SMILES string of the molecule is O=C(NCc1cccs1)c1ccc(/C=C2\Sc3ccccc3N(Cc3ccccc3F)C2=O)cc1. The van der Waals surface area contributed by atoms with Crippen LogP contribution in [-0.4, -0.2) is 11.8 Å². The van der Waals surface area contributed by atoms with Crippen molar-refractivity contribution in [2.75, 3.05) is 4.90 Å². The van der Waals surface area contributed by atoms with E-state index in [4.69, 9.17) is 0 Å². The highest BCUT2D eigenvalue weighted by Crippen LogP contribution is 2.42. The van der Waals surface area contributed by atoms with E-state index in [0.717, 1.165) is 21.0 Å². The molecule has 1 aliphatic heterocycles. The zero-order valence-corrected chi connectivity index (χ0v) is 20.2. The van der Waals surface area contributed by atoms with Crippen LogP contribution >= 0.6 is 23.1 Å². The number of fused-ring (bicyclic) bond motifs is 1. The minimum absolute atomic E-state index is 0.143. The van der Waals surface area contributed by atoms with Crippen LogP contribution in [0.2, 0.25) is 0 Å². The number of para-hydroxylation sites is 1. The number of thioether (sulfide) groups is 1. The van der Waals surface area contributed by atoms with Crippen molar-refractivity contribution in [3.05, 3.63) is 123 Å². The maximum atomic E-state index is 14.3. The van der Waals surface area contributed by atoms with E-state index >= 15 is 0 Å². The molecular weight excluding hydrogens is 479 g/mol. The summed E-state index contributed by atoms with van der Waals surface area (Å²) >= 11 is 2.99. The highest BCUT2D eigenvalue weighted by atomic mass is 32.2. The lowest BCUT2D eigenvalue weighted by molar-refractivity contribution is -0.114. The molecule has 5 rings (SSSR count). The molecule has 0 bridgehead atoms. The first-order valence-electron chi connectivity index (χ1n) is 11.0. The lowest BCUT2D eigenvalue weighted by Crippen LogP contribution is -2.34. The first-order chi connectivity index (χ1) is 17.1. The van der Waals surface area contributed by atoms with E-state index in [0.29, 0.717) is 22.6 Å². The van der Waals surface area contributed by atoms with Gasteiger partial charge in [0.05, 0.1) is 23.7 Å². The van der Waals surface area contributed by atoms with Crippen molar-refractivity contribution in [3.63, 3.8) is 0 Å². The average Bonchev–Trinajstić information content (AvgIpc) is 3.40. The van der Waals surface area contributed by atoms with Gasteiger partial charge in [0, 0.05) is 20.9 Å². The molecule has 0 saturated heterocycles. The van der Waals surface area contributed by atoms with Crippen molar-refractivity contribution in [2.24, 2.45) is 0 Å². The minimum Gasteiger partial charge on any atom is -0.347 e. The summed E-state index contributed by atoms with van der Waals surface area (Å²) in [6.07, 6.45) is 1.81. The fourth-order valence-electron chi connectivity index (χ4n) is 3.78. The molecule has 0 spiro atoms. The van der Waals surface area contributed by atoms with Gasteiger partial charge in [0.25, 0.3) is 11.8 Å². The molecule has 1 N–H and O–H groups in total. The predicted molar refractivity (Wildman–Crippen MR) is 140 cm³/mol. The van der Waals surface area contributed by atoms with Crippen LogP contribution in [0.5, 0.6) is 0 Å². The third-order valence-corrected chi connectivity index (χ3v) is 7.55. The number of carbonyl (C=O) groups is 2. The fourth-order valence-corrected chi connectivity index (χ4v) is 5.48. The van der Waals surface area contributed by atoms with Gasteiger partial charge in [-0.1, -0.05) is 60.3 Å². The van der Waals surface area contributed by atoms with Crippen LogP contribution in [0.1, 0.15) is 26.4 Å². The van der Waals surface area contributed by atoms with Crippen LogP contribution in [0.15, 0.2) is 100 Å². The van der Waals surface area contributed by atoms with Crippen molar-refractivity contribution >= 4 is 46.7 Å². The van der Waals surface area contributed by atoms with Gasteiger partial charge in [0.2, 0.25) is 0 Å². The molecule has 0 aliphatic carbocycles. The molecule has 4 nitrogen and oxygen atoms in total. The van der Waals surface area contributed by atoms with Crippen molar-refractivity contribution in [1.29, 1.82) is 0 Å². The Morgan fingerprint density at radius 2 is 1.71 bits per heavy atom. The number of amides is 2. The van der Waals surface area contributed by atoms with E-state index < -0.39 is 0 Å². The van der Waals surface area contributed by atoms with Gasteiger partial charge in [-0.05, 0) is 53.4 Å². The van der Waals surface area contributed by atoms with Crippen molar-refractivity contribution in [1.82, 2.24) is 5.32 Å². The lowest BCUT2D eigenvalue weighted by atomic mass is 10.1. The molecule has 0 atom stereocenters. The van der Waals surface area contributed by atoms with E-state index in [1.54, 1.807) is 46.6 Å². The maximum absolute atomic E-state index is 14.3. The van der Waals surface area contributed by atoms with E-state index in [2.05, 4.69) is 5.32 Å². The second-order valence-electron chi connectivity index (χ2n) is 7.95. The van der Waals surface area contributed by atoms with Gasteiger partial charge in [-0.3, -0.25) is 9.59 Å². The first-order valence-corrected chi connectivity index (χ1v) is 12.7.